The molecule has 1 rings (SSSR count). The van der Waals surface area contributed by atoms with Crippen molar-refractivity contribution in [1.82, 2.24) is 5.32 Å². The van der Waals surface area contributed by atoms with E-state index in [0.717, 1.165) is 5.56 Å². The first-order valence-electron chi connectivity index (χ1n) is 4.92. The van der Waals surface area contributed by atoms with Crippen LogP contribution in [0.4, 0.5) is 4.79 Å². The highest BCUT2D eigenvalue weighted by molar-refractivity contribution is 6.32. The number of carboxylic acids is 1. The molecule has 0 aliphatic heterocycles. The van der Waals surface area contributed by atoms with Gasteiger partial charge in [-0.25, -0.2) is 4.79 Å². The topological polar surface area (TPSA) is 75.6 Å². The maximum absolute atomic E-state index is 11.3. The van der Waals surface area contributed by atoms with Crippen LogP contribution < -0.4 is 10.1 Å². The van der Waals surface area contributed by atoms with Crippen molar-refractivity contribution in [2.45, 2.75) is 13.3 Å². The number of aliphatic carboxylic acids is 1. The van der Waals surface area contributed by atoms with Crippen molar-refractivity contribution in [3.8, 4) is 5.75 Å². The van der Waals surface area contributed by atoms with Crippen molar-refractivity contribution < 1.29 is 19.4 Å². The maximum atomic E-state index is 11.3. The number of rotatable bonds is 4. The first kappa shape index (κ1) is 13.3. The molecule has 5 nitrogen and oxygen atoms in total. The summed E-state index contributed by atoms with van der Waals surface area (Å²) in [6.45, 7) is 1.85. The van der Waals surface area contributed by atoms with Gasteiger partial charge in [0.15, 0.2) is 5.75 Å². The van der Waals surface area contributed by atoms with Crippen molar-refractivity contribution in [2.24, 2.45) is 0 Å². The number of nitrogens with one attached hydrogen (secondary N) is 1. The van der Waals surface area contributed by atoms with Gasteiger partial charge in [0.2, 0.25) is 0 Å². The Morgan fingerprint density at radius 3 is 2.82 bits per heavy atom. The third-order valence-electron chi connectivity index (χ3n) is 1.90. The summed E-state index contributed by atoms with van der Waals surface area (Å²) in [5.74, 6) is -0.738. The molecule has 0 aliphatic carbocycles. The summed E-state index contributed by atoms with van der Waals surface area (Å²) < 4.78 is 4.93. The normalized spacial score (nSPS) is 9.76. The highest BCUT2D eigenvalue weighted by Gasteiger charge is 2.08. The fourth-order valence-corrected chi connectivity index (χ4v) is 1.25. The van der Waals surface area contributed by atoms with Crippen molar-refractivity contribution in [3.63, 3.8) is 0 Å². The fourth-order valence-electron chi connectivity index (χ4n) is 1.10. The van der Waals surface area contributed by atoms with E-state index >= 15 is 0 Å². The van der Waals surface area contributed by atoms with Gasteiger partial charge in [0.25, 0.3) is 0 Å². The van der Waals surface area contributed by atoms with Crippen molar-refractivity contribution in [1.29, 1.82) is 0 Å². The number of carbonyl (C=O) groups is 2. The van der Waals surface area contributed by atoms with Crippen molar-refractivity contribution in [2.75, 3.05) is 6.54 Å². The molecule has 0 unspecified atom stereocenters. The van der Waals surface area contributed by atoms with Gasteiger partial charge >= 0.3 is 12.1 Å². The lowest BCUT2D eigenvalue weighted by Gasteiger charge is -2.07. The van der Waals surface area contributed by atoms with Gasteiger partial charge in [0.05, 0.1) is 11.4 Å². The highest BCUT2D eigenvalue weighted by atomic mass is 35.5. The summed E-state index contributed by atoms with van der Waals surface area (Å²) in [5.41, 5.74) is 0.905. The van der Waals surface area contributed by atoms with Gasteiger partial charge in [-0.1, -0.05) is 17.7 Å². The Labute approximate surface area is 103 Å². The Morgan fingerprint density at radius 1 is 1.47 bits per heavy atom. The Bertz CT molecular complexity index is 433. The zero-order chi connectivity index (χ0) is 12.8. The smallest absolute Gasteiger partial charge is 0.412 e. The molecule has 0 saturated carbocycles. The molecule has 0 atom stereocenters. The summed E-state index contributed by atoms with van der Waals surface area (Å²) in [5, 5.41) is 11.0. The quantitative estimate of drug-likeness (QED) is 0.867. The fraction of sp³-hybridized carbons (Fsp3) is 0.273. The Hall–Kier alpha value is -1.75. The molecule has 0 spiro atoms. The number of hydrogen-bond donors (Lipinski definition) is 2. The number of carbonyl (C=O) groups excluding carboxylic acids is 1. The van der Waals surface area contributed by atoms with Crippen LogP contribution in [0.25, 0.3) is 0 Å². The minimum absolute atomic E-state index is 0.0115. The number of benzene rings is 1. The van der Waals surface area contributed by atoms with E-state index in [1.165, 1.54) is 0 Å². The molecule has 1 aromatic carbocycles. The van der Waals surface area contributed by atoms with E-state index in [2.05, 4.69) is 5.32 Å². The molecule has 0 bridgehead atoms. The second-order valence-electron chi connectivity index (χ2n) is 3.39. The molecule has 2 N–H and O–H groups in total. The Kier molecular flexibility index (Phi) is 4.78. The zero-order valence-corrected chi connectivity index (χ0v) is 9.95. The lowest BCUT2D eigenvalue weighted by Crippen LogP contribution is -2.29. The second-order valence-corrected chi connectivity index (χ2v) is 3.80. The SMILES string of the molecule is Cc1ccc(Cl)c(OC(=O)NCCC(=O)O)c1. The Morgan fingerprint density at radius 2 is 2.18 bits per heavy atom. The van der Waals surface area contributed by atoms with Crippen LogP contribution in [-0.4, -0.2) is 23.7 Å². The van der Waals surface area contributed by atoms with E-state index in [9.17, 15) is 9.59 Å². The monoisotopic (exact) mass is 257 g/mol. The van der Waals surface area contributed by atoms with Crippen LogP contribution in [0.3, 0.4) is 0 Å². The minimum atomic E-state index is -0.987. The molecule has 17 heavy (non-hydrogen) atoms. The summed E-state index contributed by atoms with van der Waals surface area (Å²) in [6.07, 6.45) is -0.879. The average Bonchev–Trinajstić information content (AvgIpc) is 2.23. The van der Waals surface area contributed by atoms with E-state index in [1.54, 1.807) is 18.2 Å². The van der Waals surface area contributed by atoms with Crippen molar-refractivity contribution >= 4 is 23.7 Å². The molecule has 6 heteroatoms. The van der Waals surface area contributed by atoms with Crippen LogP contribution in [0.2, 0.25) is 5.02 Å². The molecule has 1 amide bonds. The van der Waals surface area contributed by atoms with Gasteiger partial charge in [0.1, 0.15) is 0 Å². The Balaban J connectivity index is 2.50. The van der Waals surface area contributed by atoms with Gasteiger partial charge in [-0.05, 0) is 24.6 Å². The van der Waals surface area contributed by atoms with E-state index in [-0.39, 0.29) is 18.7 Å². The number of amides is 1. The molecular weight excluding hydrogens is 246 g/mol. The van der Waals surface area contributed by atoms with E-state index in [0.29, 0.717) is 5.02 Å². The molecule has 1 aromatic rings. The number of aryl methyl sites for hydroxylation is 1. The third kappa shape index (κ3) is 4.74. The molecule has 0 radical (unpaired) electrons. The van der Waals surface area contributed by atoms with Crippen LogP contribution >= 0.6 is 11.6 Å². The summed E-state index contributed by atoms with van der Waals surface area (Å²) in [4.78, 5) is 21.5. The molecule has 0 heterocycles. The lowest BCUT2D eigenvalue weighted by molar-refractivity contribution is -0.136. The van der Waals surface area contributed by atoms with E-state index in [4.69, 9.17) is 21.4 Å². The largest absolute Gasteiger partial charge is 0.481 e. The molecule has 0 saturated heterocycles. The van der Waals surface area contributed by atoms with Gasteiger partial charge in [-0.3, -0.25) is 4.79 Å². The van der Waals surface area contributed by atoms with Gasteiger partial charge in [-0.15, -0.1) is 0 Å². The van der Waals surface area contributed by atoms with Crippen molar-refractivity contribution in [3.05, 3.63) is 28.8 Å². The molecule has 0 aromatic heterocycles. The summed E-state index contributed by atoms with van der Waals surface area (Å²) >= 11 is 5.83. The standard InChI is InChI=1S/C11H12ClNO4/c1-7-2-3-8(12)9(6-7)17-11(16)13-5-4-10(14)15/h2-3,6H,4-5H2,1H3,(H,13,16)(H,14,15). The molecular formula is C11H12ClNO4. The molecule has 92 valence electrons. The number of hydrogen-bond acceptors (Lipinski definition) is 3. The predicted molar refractivity (Wildman–Crippen MR) is 62.5 cm³/mol. The van der Waals surface area contributed by atoms with Crippen LogP contribution in [0, 0.1) is 6.92 Å². The third-order valence-corrected chi connectivity index (χ3v) is 2.21. The van der Waals surface area contributed by atoms with E-state index < -0.39 is 12.1 Å². The van der Waals surface area contributed by atoms with E-state index in [1.807, 2.05) is 6.92 Å². The number of carboxylic acid groups (broad SMARTS) is 1. The molecule has 0 fully saturated rings. The summed E-state index contributed by atoms with van der Waals surface area (Å²) in [6, 6.07) is 5.04. The lowest BCUT2D eigenvalue weighted by atomic mass is 10.2. The summed E-state index contributed by atoms with van der Waals surface area (Å²) in [7, 11) is 0. The number of ether oxygens (including phenoxy) is 1. The van der Waals surface area contributed by atoms with Gasteiger partial charge in [0, 0.05) is 6.54 Å². The first-order chi connectivity index (χ1) is 7.99. The van der Waals surface area contributed by atoms with Crippen LogP contribution in [0.1, 0.15) is 12.0 Å². The van der Waals surface area contributed by atoms with Crippen LogP contribution in [0.15, 0.2) is 18.2 Å². The molecule has 0 aliphatic rings. The minimum Gasteiger partial charge on any atom is -0.481 e. The maximum Gasteiger partial charge on any atom is 0.412 e. The predicted octanol–water partition coefficient (Wildman–Crippen LogP) is 2.21. The number of halogens is 1. The zero-order valence-electron chi connectivity index (χ0n) is 9.20. The van der Waals surface area contributed by atoms with Gasteiger partial charge in [-0.2, -0.15) is 0 Å². The van der Waals surface area contributed by atoms with Gasteiger partial charge < -0.3 is 15.2 Å². The van der Waals surface area contributed by atoms with Crippen LogP contribution in [0.5, 0.6) is 5.75 Å². The first-order valence-corrected chi connectivity index (χ1v) is 5.30. The second kappa shape index (κ2) is 6.10. The average molecular weight is 258 g/mol. The highest BCUT2D eigenvalue weighted by Crippen LogP contribution is 2.25. The van der Waals surface area contributed by atoms with Crippen LogP contribution in [-0.2, 0) is 4.79 Å².